The summed E-state index contributed by atoms with van der Waals surface area (Å²) in [6.45, 7) is 1.64. The summed E-state index contributed by atoms with van der Waals surface area (Å²) < 4.78 is 19.0. The summed E-state index contributed by atoms with van der Waals surface area (Å²) in [6, 6.07) is 6.39. The number of aromatic nitrogens is 1. The molecule has 0 radical (unpaired) electrons. The van der Waals surface area contributed by atoms with Crippen LogP contribution in [-0.2, 0) is 19.1 Å². The van der Waals surface area contributed by atoms with Gasteiger partial charge in [-0.2, -0.15) is 0 Å². The van der Waals surface area contributed by atoms with E-state index in [2.05, 4.69) is 4.98 Å². The van der Waals surface area contributed by atoms with Crippen molar-refractivity contribution in [2.75, 3.05) is 32.8 Å². The van der Waals surface area contributed by atoms with Crippen molar-refractivity contribution in [3.63, 3.8) is 0 Å². The Morgan fingerprint density at radius 2 is 1.75 bits per heavy atom. The highest BCUT2D eigenvalue weighted by atomic mass is 32.2. The van der Waals surface area contributed by atoms with Gasteiger partial charge in [0.15, 0.2) is 0 Å². The van der Waals surface area contributed by atoms with Gasteiger partial charge in [0.25, 0.3) is 0 Å². The van der Waals surface area contributed by atoms with Crippen LogP contribution in [0.5, 0.6) is 0 Å². The number of benzene rings is 1. The number of nitrogens with zero attached hydrogens (tertiary/aromatic N) is 2. The molecular weight excluding hydrogens is 505 g/mol. The summed E-state index contributed by atoms with van der Waals surface area (Å²) >= 11 is 2.79. The summed E-state index contributed by atoms with van der Waals surface area (Å²) in [4.78, 5) is 58.9. The largest absolute Gasteiger partial charge is 0.378 e. The maximum absolute atomic E-state index is 13.7. The van der Waals surface area contributed by atoms with Crippen LogP contribution in [0.2, 0.25) is 0 Å². The van der Waals surface area contributed by atoms with Crippen molar-refractivity contribution < 1.29 is 23.5 Å². The molecule has 2 aromatic rings. The molecule has 5 aliphatic rings. The zero-order valence-electron chi connectivity index (χ0n) is 19.2. The standard InChI is InChI=1S/C25H24FN3O5S2/c26-12-3-1-11(2-4-12)16-17-13-9-14(20(17)35-22-21(16)36-25(33)27-22)19-18(13)23(31)29(24(19)32)10-15(30)28-5-7-34-8-6-28/h1-4,13-14,16-20H,5-10H2,(H,27,33)/t13?,14?,16-,17?,18?,19?,20?/m1/s1. The predicted octanol–water partition coefficient (Wildman–Crippen LogP) is 1.91. The van der Waals surface area contributed by atoms with Crippen LogP contribution in [0.1, 0.15) is 22.8 Å². The van der Waals surface area contributed by atoms with Crippen molar-refractivity contribution in [2.45, 2.75) is 22.6 Å². The number of hydrogen-bond acceptors (Lipinski definition) is 7. The zero-order chi connectivity index (χ0) is 24.7. The van der Waals surface area contributed by atoms with Gasteiger partial charge in [-0.3, -0.25) is 24.1 Å². The van der Waals surface area contributed by atoms with E-state index in [0.717, 1.165) is 21.9 Å². The first-order valence-electron chi connectivity index (χ1n) is 12.3. The van der Waals surface area contributed by atoms with E-state index in [1.54, 1.807) is 28.8 Å². The number of thiazole rings is 1. The van der Waals surface area contributed by atoms with E-state index < -0.39 is 11.8 Å². The van der Waals surface area contributed by atoms with Crippen LogP contribution < -0.4 is 4.87 Å². The van der Waals surface area contributed by atoms with E-state index >= 15 is 0 Å². The number of nitrogens with one attached hydrogen (secondary N) is 1. The number of rotatable bonds is 3. The van der Waals surface area contributed by atoms with Gasteiger partial charge in [0.2, 0.25) is 17.7 Å². The molecule has 2 bridgehead atoms. The molecular formula is C25H24FN3O5S2. The normalized spacial score (nSPS) is 34.6. The summed E-state index contributed by atoms with van der Waals surface area (Å²) in [7, 11) is 0. The second-order valence-corrected chi connectivity index (χ2v) is 12.5. The molecule has 1 aromatic carbocycles. The lowest BCUT2D eigenvalue weighted by molar-refractivity contribution is -0.148. The van der Waals surface area contributed by atoms with Crippen molar-refractivity contribution in [1.29, 1.82) is 0 Å². The Balaban J connectivity index is 1.22. The lowest BCUT2D eigenvalue weighted by Crippen LogP contribution is -2.47. The van der Waals surface area contributed by atoms with Crippen molar-refractivity contribution in [1.82, 2.24) is 14.8 Å². The van der Waals surface area contributed by atoms with Gasteiger partial charge in [-0.1, -0.05) is 23.5 Å². The van der Waals surface area contributed by atoms with Crippen molar-refractivity contribution >= 4 is 40.8 Å². The smallest absolute Gasteiger partial charge is 0.305 e. The summed E-state index contributed by atoms with van der Waals surface area (Å²) in [5.41, 5.74) is 0.920. The topological polar surface area (TPSA) is 99.8 Å². The van der Waals surface area contributed by atoms with Gasteiger partial charge in [-0.15, -0.1) is 11.8 Å². The van der Waals surface area contributed by atoms with E-state index in [-0.39, 0.29) is 63.9 Å². The molecule has 3 amide bonds. The number of hydrogen-bond donors (Lipinski definition) is 1. The van der Waals surface area contributed by atoms with Gasteiger partial charge in [-0.25, -0.2) is 4.39 Å². The van der Waals surface area contributed by atoms with E-state index in [1.807, 2.05) is 0 Å². The molecule has 2 aliphatic carbocycles. The maximum atomic E-state index is 13.7. The van der Waals surface area contributed by atoms with E-state index in [4.69, 9.17) is 4.74 Å². The van der Waals surface area contributed by atoms with Crippen LogP contribution in [-0.4, -0.2) is 70.6 Å². The molecule has 36 heavy (non-hydrogen) atoms. The van der Waals surface area contributed by atoms with Gasteiger partial charge < -0.3 is 14.6 Å². The molecule has 0 spiro atoms. The number of morpholine rings is 1. The molecule has 4 heterocycles. The molecule has 7 rings (SSSR count). The fourth-order valence-corrected chi connectivity index (χ4v) is 10.2. The Hall–Kier alpha value is -2.50. The number of aromatic amines is 1. The van der Waals surface area contributed by atoms with Gasteiger partial charge >= 0.3 is 4.87 Å². The quantitative estimate of drug-likeness (QED) is 0.610. The zero-order valence-corrected chi connectivity index (χ0v) is 20.9. The van der Waals surface area contributed by atoms with E-state index in [1.165, 1.54) is 28.4 Å². The lowest BCUT2D eigenvalue weighted by Gasteiger charge is -2.43. The van der Waals surface area contributed by atoms with Crippen LogP contribution in [0.25, 0.3) is 0 Å². The van der Waals surface area contributed by atoms with Crippen LogP contribution in [0.4, 0.5) is 4.39 Å². The number of thioether (sulfide) groups is 1. The van der Waals surface area contributed by atoms with Crippen molar-refractivity contribution in [3.05, 3.63) is 50.2 Å². The van der Waals surface area contributed by atoms with Gasteiger partial charge in [0.1, 0.15) is 12.4 Å². The second-order valence-electron chi connectivity index (χ2n) is 10.3. The summed E-state index contributed by atoms with van der Waals surface area (Å²) in [5, 5.41) is 0.886. The number of H-pyrrole nitrogens is 1. The third kappa shape index (κ3) is 3.21. The number of fused-ring (bicyclic) bond motifs is 9. The Kier molecular flexibility index (Phi) is 5.20. The number of carbonyl (C=O) groups is 3. The maximum Gasteiger partial charge on any atom is 0.305 e. The van der Waals surface area contributed by atoms with Crippen molar-refractivity contribution in [3.8, 4) is 0 Å². The predicted molar refractivity (Wildman–Crippen MR) is 129 cm³/mol. The average molecular weight is 530 g/mol. The summed E-state index contributed by atoms with van der Waals surface area (Å²) in [5.74, 6) is -2.01. The fraction of sp³-hybridized carbons (Fsp3) is 0.520. The highest BCUT2D eigenvalue weighted by Crippen LogP contribution is 2.68. The fourth-order valence-electron chi connectivity index (χ4n) is 7.33. The first-order chi connectivity index (χ1) is 17.4. The van der Waals surface area contributed by atoms with Gasteiger partial charge in [0.05, 0.1) is 30.1 Å². The molecule has 6 unspecified atom stereocenters. The Morgan fingerprint density at radius 1 is 1.06 bits per heavy atom. The SMILES string of the molecule is O=C(CN1C(=O)C2C3CC(C2C1=O)C1C3Sc2[nH]c(=O)sc2[C@@H]1c1ccc(F)cc1)N1CCOCC1. The highest BCUT2D eigenvalue weighted by Gasteiger charge is 2.69. The van der Waals surface area contributed by atoms with Crippen LogP contribution >= 0.6 is 23.1 Å². The number of ether oxygens (including phenoxy) is 1. The first-order valence-corrected chi connectivity index (χ1v) is 14.0. The van der Waals surface area contributed by atoms with Gasteiger partial charge in [0, 0.05) is 29.1 Å². The van der Waals surface area contributed by atoms with Crippen molar-refractivity contribution in [2.24, 2.45) is 29.6 Å². The van der Waals surface area contributed by atoms with Gasteiger partial charge in [-0.05, 0) is 41.9 Å². The molecule has 1 aromatic heterocycles. The molecule has 8 nitrogen and oxygen atoms in total. The number of halogens is 1. The Labute approximate surface area is 214 Å². The van der Waals surface area contributed by atoms with Crippen LogP contribution in [0, 0.1) is 35.4 Å². The van der Waals surface area contributed by atoms with E-state index in [0.29, 0.717) is 26.3 Å². The Morgan fingerprint density at radius 3 is 2.47 bits per heavy atom. The lowest BCUT2D eigenvalue weighted by atomic mass is 9.68. The molecule has 2 saturated heterocycles. The third-order valence-corrected chi connectivity index (χ3v) is 11.3. The van der Waals surface area contributed by atoms with E-state index in [9.17, 15) is 23.6 Å². The number of likely N-dealkylation sites (tertiary alicyclic amines) is 1. The minimum Gasteiger partial charge on any atom is -0.378 e. The molecule has 4 fully saturated rings. The van der Waals surface area contributed by atoms with Crippen LogP contribution in [0.15, 0.2) is 34.1 Å². The monoisotopic (exact) mass is 529 g/mol. The minimum atomic E-state index is -0.443. The molecule has 11 heteroatoms. The molecule has 3 aliphatic heterocycles. The second kappa shape index (κ2) is 8.26. The van der Waals surface area contributed by atoms with Crippen LogP contribution in [0.3, 0.4) is 0 Å². The third-order valence-electron chi connectivity index (χ3n) is 8.70. The highest BCUT2D eigenvalue weighted by molar-refractivity contribution is 8.00. The number of imide groups is 1. The molecule has 2 saturated carbocycles. The Bertz CT molecular complexity index is 1320. The molecule has 7 atom stereocenters. The number of carbonyl (C=O) groups excluding carboxylic acids is 3. The number of amides is 3. The molecule has 1 N–H and O–H groups in total. The first kappa shape index (κ1) is 22.7. The minimum absolute atomic E-state index is 0.00515. The summed E-state index contributed by atoms with van der Waals surface area (Å²) in [6.07, 6.45) is 0.775. The molecule has 188 valence electrons. The average Bonchev–Trinajstić information content (AvgIpc) is 3.61.